The third-order valence-electron chi connectivity index (χ3n) is 4.28. The van der Waals surface area contributed by atoms with Crippen LogP contribution < -0.4 is 11.0 Å². The highest BCUT2D eigenvalue weighted by Gasteiger charge is 2.17. The Morgan fingerprint density at radius 3 is 2.64 bits per heavy atom. The molecule has 3 N–H and O–H groups in total. The maximum atomic E-state index is 13.3. The molecular weight excluding hydrogens is 321 g/mol. The summed E-state index contributed by atoms with van der Waals surface area (Å²) in [5.41, 5.74) is 2.87. The average molecular weight is 341 g/mol. The number of halogens is 1. The second kappa shape index (κ2) is 6.93. The third kappa shape index (κ3) is 3.96. The summed E-state index contributed by atoms with van der Waals surface area (Å²) in [5, 5.41) is 2.97. The molecule has 25 heavy (non-hydrogen) atoms. The third-order valence-corrected chi connectivity index (χ3v) is 4.28. The standard InChI is InChI=1S/C19H20FN3O2/c1-11(8-13-4-3-5-15(20)9-13)18(24)21-12(2)14-6-7-16-17(10-14)23-19(25)22-16/h3-7,9-12H,8H2,1-2H3,(H,21,24)(H2,22,23,25)/t11-,12-/m1/s1. The Morgan fingerprint density at radius 2 is 1.88 bits per heavy atom. The second-order valence-electron chi connectivity index (χ2n) is 6.35. The normalized spacial score (nSPS) is 13.6. The van der Waals surface area contributed by atoms with Crippen molar-refractivity contribution >= 4 is 16.9 Å². The summed E-state index contributed by atoms with van der Waals surface area (Å²) in [7, 11) is 0. The lowest BCUT2D eigenvalue weighted by atomic mass is 9.99. The van der Waals surface area contributed by atoms with Crippen LogP contribution in [0.2, 0.25) is 0 Å². The van der Waals surface area contributed by atoms with E-state index in [1.54, 1.807) is 12.1 Å². The van der Waals surface area contributed by atoms with Crippen LogP contribution in [0.3, 0.4) is 0 Å². The number of rotatable bonds is 5. The molecule has 0 bridgehead atoms. The number of benzene rings is 2. The van der Waals surface area contributed by atoms with Gasteiger partial charge in [-0.1, -0.05) is 25.1 Å². The van der Waals surface area contributed by atoms with E-state index in [0.717, 1.165) is 16.6 Å². The van der Waals surface area contributed by atoms with Crippen LogP contribution in [-0.2, 0) is 11.2 Å². The van der Waals surface area contributed by atoms with Gasteiger partial charge in [-0.05, 0) is 48.7 Å². The molecule has 0 fully saturated rings. The van der Waals surface area contributed by atoms with E-state index >= 15 is 0 Å². The van der Waals surface area contributed by atoms with Gasteiger partial charge in [-0.2, -0.15) is 0 Å². The fourth-order valence-corrected chi connectivity index (χ4v) is 2.87. The van der Waals surface area contributed by atoms with Gasteiger partial charge >= 0.3 is 5.69 Å². The van der Waals surface area contributed by atoms with E-state index < -0.39 is 0 Å². The molecule has 1 amide bonds. The van der Waals surface area contributed by atoms with Crippen molar-refractivity contribution in [1.82, 2.24) is 15.3 Å². The lowest BCUT2D eigenvalue weighted by Gasteiger charge is -2.18. The van der Waals surface area contributed by atoms with Gasteiger partial charge in [0, 0.05) is 5.92 Å². The number of imidazole rings is 1. The Morgan fingerprint density at radius 1 is 1.12 bits per heavy atom. The predicted molar refractivity (Wildman–Crippen MR) is 94.7 cm³/mol. The van der Waals surface area contributed by atoms with Crippen molar-refractivity contribution in [2.75, 3.05) is 0 Å². The van der Waals surface area contributed by atoms with Gasteiger partial charge in [0.2, 0.25) is 5.91 Å². The minimum atomic E-state index is -0.299. The first kappa shape index (κ1) is 17.0. The van der Waals surface area contributed by atoms with Crippen LogP contribution in [0.15, 0.2) is 47.3 Å². The van der Waals surface area contributed by atoms with E-state index in [4.69, 9.17) is 0 Å². The highest BCUT2D eigenvalue weighted by molar-refractivity contribution is 5.79. The molecule has 1 aromatic heterocycles. The maximum absolute atomic E-state index is 13.3. The van der Waals surface area contributed by atoms with Gasteiger partial charge in [0.05, 0.1) is 17.1 Å². The topological polar surface area (TPSA) is 77.8 Å². The van der Waals surface area contributed by atoms with Gasteiger partial charge < -0.3 is 15.3 Å². The summed E-state index contributed by atoms with van der Waals surface area (Å²) in [6, 6.07) is 11.6. The number of aromatic amines is 2. The molecule has 0 radical (unpaired) electrons. The molecule has 0 saturated heterocycles. The molecule has 130 valence electrons. The second-order valence-corrected chi connectivity index (χ2v) is 6.35. The van der Waals surface area contributed by atoms with E-state index in [9.17, 15) is 14.0 Å². The first-order chi connectivity index (χ1) is 11.9. The molecule has 2 aromatic carbocycles. The zero-order valence-electron chi connectivity index (χ0n) is 14.1. The van der Waals surface area contributed by atoms with Gasteiger partial charge in [0.15, 0.2) is 0 Å². The molecule has 0 unspecified atom stereocenters. The van der Waals surface area contributed by atoms with Crippen molar-refractivity contribution in [1.29, 1.82) is 0 Å². The van der Waals surface area contributed by atoms with Crippen LogP contribution in [0.5, 0.6) is 0 Å². The molecule has 1 heterocycles. The Bertz CT molecular complexity index is 960. The number of carbonyl (C=O) groups is 1. The van der Waals surface area contributed by atoms with E-state index in [1.807, 2.05) is 32.0 Å². The number of carbonyl (C=O) groups excluding carboxylic acids is 1. The summed E-state index contributed by atoms with van der Waals surface area (Å²) in [6.07, 6.45) is 0.473. The minimum absolute atomic E-state index is 0.0978. The average Bonchev–Trinajstić information content (AvgIpc) is 2.93. The fraction of sp³-hybridized carbons (Fsp3) is 0.263. The van der Waals surface area contributed by atoms with E-state index in [-0.39, 0.29) is 29.4 Å². The molecule has 0 aliphatic heterocycles. The molecule has 5 nitrogen and oxygen atoms in total. The molecule has 0 aliphatic rings. The zero-order chi connectivity index (χ0) is 18.0. The number of fused-ring (bicyclic) bond motifs is 1. The van der Waals surface area contributed by atoms with Crippen molar-refractivity contribution in [2.24, 2.45) is 5.92 Å². The summed E-state index contributed by atoms with van der Waals surface area (Å²) >= 11 is 0. The van der Waals surface area contributed by atoms with Gasteiger partial charge in [0.25, 0.3) is 0 Å². The number of nitrogens with one attached hydrogen (secondary N) is 3. The maximum Gasteiger partial charge on any atom is 0.323 e. The SMILES string of the molecule is C[C@H](Cc1cccc(F)c1)C(=O)N[C@H](C)c1ccc2[nH]c(=O)[nH]c2c1. The zero-order valence-corrected chi connectivity index (χ0v) is 14.1. The Balaban J connectivity index is 1.67. The Hall–Kier alpha value is -2.89. The van der Waals surface area contributed by atoms with Crippen LogP contribution >= 0.6 is 0 Å². The summed E-state index contributed by atoms with van der Waals surface area (Å²) < 4.78 is 13.3. The first-order valence-electron chi connectivity index (χ1n) is 8.19. The van der Waals surface area contributed by atoms with E-state index in [0.29, 0.717) is 11.9 Å². The quantitative estimate of drug-likeness (QED) is 0.667. The van der Waals surface area contributed by atoms with Crippen LogP contribution in [0.25, 0.3) is 11.0 Å². The van der Waals surface area contributed by atoms with Crippen LogP contribution in [0.4, 0.5) is 4.39 Å². The highest BCUT2D eigenvalue weighted by Crippen LogP contribution is 2.18. The van der Waals surface area contributed by atoms with Gasteiger partial charge in [0.1, 0.15) is 5.82 Å². The smallest absolute Gasteiger partial charge is 0.323 e. The summed E-state index contributed by atoms with van der Waals surface area (Å²) in [4.78, 5) is 29.1. The molecule has 3 aromatic rings. The van der Waals surface area contributed by atoms with Gasteiger partial charge in [-0.15, -0.1) is 0 Å². The van der Waals surface area contributed by atoms with Crippen LogP contribution in [0, 0.1) is 11.7 Å². The van der Waals surface area contributed by atoms with Gasteiger partial charge in [-0.3, -0.25) is 4.79 Å². The molecule has 6 heteroatoms. The summed E-state index contributed by atoms with van der Waals surface area (Å²) in [6.45, 7) is 3.71. The molecule has 0 aliphatic carbocycles. The van der Waals surface area contributed by atoms with Crippen molar-refractivity contribution in [3.05, 3.63) is 69.9 Å². The monoisotopic (exact) mass is 341 g/mol. The molecule has 0 saturated carbocycles. The number of H-pyrrole nitrogens is 2. The van der Waals surface area contributed by atoms with Crippen LogP contribution in [0.1, 0.15) is 31.0 Å². The number of hydrogen-bond donors (Lipinski definition) is 3. The molecule has 2 atom stereocenters. The van der Waals surface area contributed by atoms with Gasteiger partial charge in [-0.25, -0.2) is 9.18 Å². The lowest BCUT2D eigenvalue weighted by molar-refractivity contribution is -0.125. The summed E-state index contributed by atoms with van der Waals surface area (Å²) in [5.74, 6) is -0.674. The fourth-order valence-electron chi connectivity index (χ4n) is 2.87. The molecular formula is C19H20FN3O2. The van der Waals surface area contributed by atoms with E-state index in [1.165, 1.54) is 12.1 Å². The minimum Gasteiger partial charge on any atom is -0.349 e. The van der Waals surface area contributed by atoms with Crippen molar-refractivity contribution in [2.45, 2.75) is 26.3 Å². The first-order valence-corrected chi connectivity index (χ1v) is 8.19. The molecule has 0 spiro atoms. The Kier molecular flexibility index (Phi) is 4.70. The van der Waals surface area contributed by atoms with Crippen molar-refractivity contribution in [3.63, 3.8) is 0 Å². The number of aromatic nitrogens is 2. The van der Waals surface area contributed by atoms with Crippen LogP contribution in [-0.4, -0.2) is 15.9 Å². The number of amides is 1. The van der Waals surface area contributed by atoms with E-state index in [2.05, 4.69) is 15.3 Å². The highest BCUT2D eigenvalue weighted by atomic mass is 19.1. The molecule has 3 rings (SSSR count). The lowest BCUT2D eigenvalue weighted by Crippen LogP contribution is -2.32. The van der Waals surface area contributed by atoms with Crippen molar-refractivity contribution < 1.29 is 9.18 Å². The number of hydrogen-bond acceptors (Lipinski definition) is 2. The Labute approximate surface area is 144 Å². The largest absolute Gasteiger partial charge is 0.349 e. The predicted octanol–water partition coefficient (Wildman–Crippen LogP) is 3.05. The van der Waals surface area contributed by atoms with Crippen molar-refractivity contribution in [3.8, 4) is 0 Å².